The normalized spacial score (nSPS) is 13.4. The van der Waals surface area contributed by atoms with Crippen LogP contribution < -0.4 is 10.0 Å². The summed E-state index contributed by atoms with van der Waals surface area (Å²) in [6, 6.07) is 6.35. The number of aliphatic hydroxyl groups is 1. The Morgan fingerprint density at radius 2 is 1.88 bits per heavy atom. The lowest BCUT2D eigenvalue weighted by Gasteiger charge is -2.12. The molecule has 17 heavy (non-hydrogen) atoms. The molecule has 0 aliphatic rings. The number of hydrogen-bond acceptors (Lipinski definition) is 4. The zero-order chi connectivity index (χ0) is 12.9. The molecule has 1 unspecified atom stereocenters. The Hall–Kier alpha value is -1.11. The van der Waals surface area contributed by atoms with Gasteiger partial charge < -0.3 is 10.4 Å². The van der Waals surface area contributed by atoms with Gasteiger partial charge in [0.05, 0.1) is 11.5 Å². The number of nitrogens with one attached hydrogen (secondary N) is 2. The van der Waals surface area contributed by atoms with E-state index in [1.165, 1.54) is 12.1 Å². The van der Waals surface area contributed by atoms with Crippen molar-refractivity contribution in [3.05, 3.63) is 24.3 Å². The van der Waals surface area contributed by atoms with Crippen molar-refractivity contribution in [1.29, 1.82) is 0 Å². The third-order valence-corrected chi connectivity index (χ3v) is 3.75. The fourth-order valence-electron chi connectivity index (χ4n) is 1.33. The average molecular weight is 258 g/mol. The first-order valence-electron chi connectivity index (χ1n) is 5.46. The summed E-state index contributed by atoms with van der Waals surface area (Å²) >= 11 is 0. The van der Waals surface area contributed by atoms with Crippen molar-refractivity contribution in [3.8, 4) is 0 Å². The van der Waals surface area contributed by atoms with E-state index in [4.69, 9.17) is 5.11 Å². The van der Waals surface area contributed by atoms with E-state index in [9.17, 15) is 8.42 Å². The van der Waals surface area contributed by atoms with E-state index in [1.807, 2.05) is 6.92 Å². The van der Waals surface area contributed by atoms with Gasteiger partial charge in [-0.2, -0.15) is 0 Å². The standard InChI is InChI=1S/C11H18N2O3S/c1-3-12-17(15,16)11-6-4-10(5-7-11)13-9(2)8-14/h4-7,9,12-14H,3,8H2,1-2H3. The summed E-state index contributed by atoms with van der Waals surface area (Å²) < 4.78 is 25.7. The molecule has 0 aliphatic heterocycles. The van der Waals surface area contributed by atoms with Crippen LogP contribution in [0.25, 0.3) is 0 Å². The molecule has 3 N–H and O–H groups in total. The summed E-state index contributed by atoms with van der Waals surface area (Å²) in [4.78, 5) is 0.238. The zero-order valence-electron chi connectivity index (χ0n) is 9.97. The molecule has 0 heterocycles. The number of hydrogen-bond donors (Lipinski definition) is 3. The first kappa shape index (κ1) is 14.0. The molecule has 0 bridgehead atoms. The lowest BCUT2D eigenvalue weighted by atomic mass is 10.3. The van der Waals surface area contributed by atoms with Gasteiger partial charge in [0.2, 0.25) is 10.0 Å². The Morgan fingerprint density at radius 3 is 2.35 bits per heavy atom. The summed E-state index contributed by atoms with van der Waals surface area (Å²) in [5.74, 6) is 0. The second-order valence-electron chi connectivity index (χ2n) is 3.75. The lowest BCUT2D eigenvalue weighted by Crippen LogP contribution is -2.23. The van der Waals surface area contributed by atoms with Crippen LogP contribution in [0.15, 0.2) is 29.2 Å². The van der Waals surface area contributed by atoms with Crippen LogP contribution in [-0.4, -0.2) is 32.7 Å². The van der Waals surface area contributed by atoms with Gasteiger partial charge in [-0.05, 0) is 31.2 Å². The minimum atomic E-state index is -3.39. The maximum absolute atomic E-state index is 11.7. The van der Waals surface area contributed by atoms with E-state index in [2.05, 4.69) is 10.0 Å². The highest BCUT2D eigenvalue weighted by molar-refractivity contribution is 7.89. The van der Waals surface area contributed by atoms with Crippen LogP contribution in [0.2, 0.25) is 0 Å². The molecule has 1 aromatic carbocycles. The first-order valence-corrected chi connectivity index (χ1v) is 6.95. The molecule has 0 radical (unpaired) electrons. The smallest absolute Gasteiger partial charge is 0.240 e. The van der Waals surface area contributed by atoms with E-state index < -0.39 is 10.0 Å². The number of anilines is 1. The first-order chi connectivity index (χ1) is 7.99. The molecule has 0 aliphatic carbocycles. The van der Waals surface area contributed by atoms with Gasteiger partial charge in [-0.1, -0.05) is 6.92 Å². The third-order valence-electron chi connectivity index (χ3n) is 2.19. The Bertz CT molecular complexity index is 442. The highest BCUT2D eigenvalue weighted by atomic mass is 32.2. The molecule has 1 aromatic rings. The molecule has 0 amide bonds. The van der Waals surface area contributed by atoms with Gasteiger partial charge in [-0.3, -0.25) is 0 Å². The Balaban J connectivity index is 2.81. The van der Waals surface area contributed by atoms with Gasteiger partial charge in [-0.15, -0.1) is 0 Å². The van der Waals surface area contributed by atoms with Gasteiger partial charge in [0.25, 0.3) is 0 Å². The van der Waals surface area contributed by atoms with E-state index in [0.717, 1.165) is 5.69 Å². The van der Waals surface area contributed by atoms with Crippen LogP contribution in [-0.2, 0) is 10.0 Å². The van der Waals surface area contributed by atoms with Gasteiger partial charge in [0, 0.05) is 18.3 Å². The van der Waals surface area contributed by atoms with Gasteiger partial charge in [-0.25, -0.2) is 13.1 Å². The molecule has 0 saturated heterocycles. The van der Waals surface area contributed by atoms with Crippen LogP contribution in [0.3, 0.4) is 0 Å². The fraction of sp³-hybridized carbons (Fsp3) is 0.455. The molecule has 0 aromatic heterocycles. The van der Waals surface area contributed by atoms with Crippen LogP contribution in [0.1, 0.15) is 13.8 Å². The van der Waals surface area contributed by atoms with E-state index in [0.29, 0.717) is 6.54 Å². The predicted molar refractivity (Wildman–Crippen MR) is 67.5 cm³/mol. The number of aliphatic hydroxyl groups excluding tert-OH is 1. The quantitative estimate of drug-likeness (QED) is 0.704. The molecular formula is C11H18N2O3S. The molecule has 0 saturated carbocycles. The van der Waals surface area contributed by atoms with Crippen LogP contribution in [0.5, 0.6) is 0 Å². The van der Waals surface area contributed by atoms with Crippen molar-refractivity contribution in [2.75, 3.05) is 18.5 Å². The maximum atomic E-state index is 11.7. The minimum absolute atomic E-state index is 0.0252. The van der Waals surface area contributed by atoms with Crippen molar-refractivity contribution in [2.24, 2.45) is 0 Å². The van der Waals surface area contributed by atoms with Gasteiger partial charge >= 0.3 is 0 Å². The second-order valence-corrected chi connectivity index (χ2v) is 5.52. The van der Waals surface area contributed by atoms with Gasteiger partial charge in [0.1, 0.15) is 0 Å². The van der Waals surface area contributed by atoms with Crippen molar-refractivity contribution >= 4 is 15.7 Å². The molecule has 1 rings (SSSR count). The summed E-state index contributed by atoms with van der Waals surface area (Å²) in [5, 5.41) is 11.9. The highest BCUT2D eigenvalue weighted by Crippen LogP contribution is 2.14. The Kier molecular flexibility index (Phi) is 4.92. The molecule has 1 atom stereocenters. The molecule has 6 heteroatoms. The summed E-state index contributed by atoms with van der Waals surface area (Å²) in [6.45, 7) is 3.96. The van der Waals surface area contributed by atoms with Crippen molar-refractivity contribution in [2.45, 2.75) is 24.8 Å². The number of rotatable bonds is 6. The third kappa shape index (κ3) is 3.99. The predicted octanol–water partition coefficient (Wildman–Crippen LogP) is 0.777. The molecule has 5 nitrogen and oxygen atoms in total. The SMILES string of the molecule is CCNS(=O)(=O)c1ccc(NC(C)CO)cc1. The largest absolute Gasteiger partial charge is 0.394 e. The molecule has 0 fully saturated rings. The molecule has 96 valence electrons. The highest BCUT2D eigenvalue weighted by Gasteiger charge is 2.11. The number of sulfonamides is 1. The molecular weight excluding hydrogens is 240 g/mol. The second kappa shape index (κ2) is 6.00. The monoisotopic (exact) mass is 258 g/mol. The summed E-state index contributed by atoms with van der Waals surface area (Å²) in [7, 11) is -3.39. The van der Waals surface area contributed by atoms with E-state index in [1.54, 1.807) is 19.1 Å². The van der Waals surface area contributed by atoms with E-state index >= 15 is 0 Å². The summed E-state index contributed by atoms with van der Waals surface area (Å²) in [5.41, 5.74) is 0.780. The van der Waals surface area contributed by atoms with Crippen molar-refractivity contribution < 1.29 is 13.5 Å². The van der Waals surface area contributed by atoms with Crippen molar-refractivity contribution in [3.63, 3.8) is 0 Å². The fourth-order valence-corrected chi connectivity index (χ4v) is 2.37. The van der Waals surface area contributed by atoms with Crippen molar-refractivity contribution in [1.82, 2.24) is 4.72 Å². The van der Waals surface area contributed by atoms with Crippen LogP contribution in [0.4, 0.5) is 5.69 Å². The topological polar surface area (TPSA) is 78.4 Å². The minimum Gasteiger partial charge on any atom is -0.394 e. The summed E-state index contributed by atoms with van der Waals surface area (Å²) in [6.07, 6.45) is 0. The average Bonchev–Trinajstić information content (AvgIpc) is 2.29. The van der Waals surface area contributed by atoms with Crippen LogP contribution >= 0.6 is 0 Å². The lowest BCUT2D eigenvalue weighted by molar-refractivity contribution is 0.281. The van der Waals surface area contributed by atoms with Crippen LogP contribution in [0, 0.1) is 0 Å². The Morgan fingerprint density at radius 1 is 1.29 bits per heavy atom. The zero-order valence-corrected chi connectivity index (χ0v) is 10.8. The Labute approximate surface area is 102 Å². The molecule has 0 spiro atoms. The van der Waals surface area contributed by atoms with Gasteiger partial charge in [0.15, 0.2) is 0 Å². The van der Waals surface area contributed by atoms with E-state index in [-0.39, 0.29) is 17.5 Å². The maximum Gasteiger partial charge on any atom is 0.240 e. The number of benzene rings is 1.